The number of amides is 1. The maximum absolute atomic E-state index is 11.6. The number of nitrogens with zero attached hydrogens (tertiary/aromatic N) is 7. The molecule has 1 amide bonds. The number of carbonyl (C=O) groups is 1. The molecular formula is C18H23N7O2. The summed E-state index contributed by atoms with van der Waals surface area (Å²) in [5.41, 5.74) is 1.15. The Balaban J connectivity index is 1.92. The van der Waals surface area contributed by atoms with Crippen LogP contribution in [0.1, 0.15) is 25.8 Å². The number of aromatic nitrogens is 4. The predicted molar refractivity (Wildman–Crippen MR) is 99.1 cm³/mol. The molecule has 0 bridgehead atoms. The Hall–Kier alpha value is -3.15. The van der Waals surface area contributed by atoms with Gasteiger partial charge in [-0.05, 0) is 12.3 Å². The first-order valence-corrected chi connectivity index (χ1v) is 8.89. The lowest BCUT2D eigenvalue weighted by Gasteiger charge is -2.41. The van der Waals surface area contributed by atoms with Crippen molar-refractivity contribution in [2.45, 2.75) is 26.3 Å². The standard InChI is InChI=1S/C18H23N7O2/c1-12(2)6-15-11-24(4-5-25(15)18(26)27)17-13(7-19)8-20-16(22-17)14-9-21-23(3)10-14/h8-10,12,15H,4-6,11H2,1-3H3,(H,26,27)/t15-/m1/s1. The van der Waals surface area contributed by atoms with Crippen LogP contribution < -0.4 is 4.90 Å². The van der Waals surface area contributed by atoms with E-state index in [1.54, 1.807) is 10.9 Å². The number of anilines is 1. The summed E-state index contributed by atoms with van der Waals surface area (Å²) < 4.78 is 1.67. The Labute approximate surface area is 157 Å². The predicted octanol–water partition coefficient (Wildman–Crippen LogP) is 1.96. The zero-order valence-electron chi connectivity index (χ0n) is 15.7. The SMILES string of the molecule is CC(C)C[C@@H]1CN(c2nc(-c3cnn(C)c3)ncc2C#N)CCN1C(=O)O. The Kier molecular flexibility index (Phi) is 5.26. The fourth-order valence-electron chi connectivity index (χ4n) is 3.41. The summed E-state index contributed by atoms with van der Waals surface area (Å²) in [6.45, 7) is 5.52. The van der Waals surface area contributed by atoms with E-state index >= 15 is 0 Å². The number of nitriles is 1. The fourth-order valence-corrected chi connectivity index (χ4v) is 3.41. The maximum Gasteiger partial charge on any atom is 0.407 e. The summed E-state index contributed by atoms with van der Waals surface area (Å²) in [6, 6.07) is 2.01. The number of piperazine rings is 1. The van der Waals surface area contributed by atoms with Crippen molar-refractivity contribution >= 4 is 11.9 Å². The van der Waals surface area contributed by atoms with E-state index in [0.29, 0.717) is 42.8 Å². The van der Waals surface area contributed by atoms with Crippen LogP contribution >= 0.6 is 0 Å². The van der Waals surface area contributed by atoms with Gasteiger partial charge < -0.3 is 14.9 Å². The second kappa shape index (κ2) is 7.61. The molecule has 0 radical (unpaired) electrons. The van der Waals surface area contributed by atoms with Crippen LogP contribution in [0.2, 0.25) is 0 Å². The van der Waals surface area contributed by atoms with Gasteiger partial charge in [0, 0.05) is 32.9 Å². The van der Waals surface area contributed by atoms with E-state index in [0.717, 1.165) is 12.0 Å². The van der Waals surface area contributed by atoms with Crippen LogP contribution in [0.5, 0.6) is 0 Å². The molecule has 1 atom stereocenters. The van der Waals surface area contributed by atoms with Crippen LogP contribution in [0.15, 0.2) is 18.6 Å². The van der Waals surface area contributed by atoms with Crippen LogP contribution in [0.25, 0.3) is 11.4 Å². The van der Waals surface area contributed by atoms with Gasteiger partial charge in [0.25, 0.3) is 0 Å². The van der Waals surface area contributed by atoms with E-state index in [9.17, 15) is 15.2 Å². The van der Waals surface area contributed by atoms with Gasteiger partial charge in [0.1, 0.15) is 11.6 Å². The highest BCUT2D eigenvalue weighted by atomic mass is 16.4. The van der Waals surface area contributed by atoms with Crippen molar-refractivity contribution in [1.29, 1.82) is 5.26 Å². The Morgan fingerprint density at radius 1 is 1.41 bits per heavy atom. The van der Waals surface area contributed by atoms with E-state index in [1.807, 2.05) is 18.1 Å². The van der Waals surface area contributed by atoms with Crippen molar-refractivity contribution in [3.05, 3.63) is 24.2 Å². The van der Waals surface area contributed by atoms with Gasteiger partial charge in [-0.2, -0.15) is 10.4 Å². The third kappa shape index (κ3) is 4.00. The largest absolute Gasteiger partial charge is 0.465 e. The van der Waals surface area contributed by atoms with Crippen LogP contribution in [0, 0.1) is 17.2 Å². The Morgan fingerprint density at radius 3 is 2.78 bits per heavy atom. The first-order chi connectivity index (χ1) is 12.9. The number of hydrogen-bond acceptors (Lipinski definition) is 6. The van der Waals surface area contributed by atoms with Gasteiger partial charge in [0.05, 0.1) is 24.0 Å². The quantitative estimate of drug-likeness (QED) is 0.877. The fraction of sp³-hybridized carbons (Fsp3) is 0.500. The van der Waals surface area contributed by atoms with Gasteiger partial charge in [0.15, 0.2) is 11.6 Å². The third-order valence-corrected chi connectivity index (χ3v) is 4.62. The highest BCUT2D eigenvalue weighted by molar-refractivity contribution is 5.67. The molecule has 9 heteroatoms. The van der Waals surface area contributed by atoms with Gasteiger partial charge in [-0.25, -0.2) is 14.8 Å². The van der Waals surface area contributed by atoms with E-state index in [-0.39, 0.29) is 6.04 Å². The molecule has 2 aromatic rings. The molecule has 0 unspecified atom stereocenters. The van der Waals surface area contributed by atoms with Gasteiger partial charge in [-0.1, -0.05) is 13.8 Å². The smallest absolute Gasteiger partial charge is 0.407 e. The van der Waals surface area contributed by atoms with Crippen molar-refractivity contribution in [2.75, 3.05) is 24.5 Å². The topological polar surface area (TPSA) is 111 Å². The van der Waals surface area contributed by atoms with Gasteiger partial charge >= 0.3 is 6.09 Å². The molecule has 142 valence electrons. The van der Waals surface area contributed by atoms with Gasteiger partial charge in [-0.15, -0.1) is 0 Å². The van der Waals surface area contributed by atoms with Crippen molar-refractivity contribution in [2.24, 2.45) is 13.0 Å². The summed E-state index contributed by atoms with van der Waals surface area (Å²) in [5, 5.41) is 23.1. The first kappa shape index (κ1) is 18.6. The summed E-state index contributed by atoms with van der Waals surface area (Å²) in [6.07, 6.45) is 4.86. The van der Waals surface area contributed by atoms with Crippen molar-refractivity contribution in [3.63, 3.8) is 0 Å². The van der Waals surface area contributed by atoms with Crippen molar-refractivity contribution in [1.82, 2.24) is 24.6 Å². The molecule has 3 rings (SSSR count). The third-order valence-electron chi connectivity index (χ3n) is 4.62. The van der Waals surface area contributed by atoms with E-state index in [2.05, 4.69) is 35.0 Å². The summed E-state index contributed by atoms with van der Waals surface area (Å²) in [5.74, 6) is 1.41. The van der Waals surface area contributed by atoms with E-state index < -0.39 is 6.09 Å². The van der Waals surface area contributed by atoms with E-state index in [4.69, 9.17) is 0 Å². The first-order valence-electron chi connectivity index (χ1n) is 8.89. The summed E-state index contributed by atoms with van der Waals surface area (Å²) in [7, 11) is 1.82. The molecule has 1 fully saturated rings. The molecule has 0 saturated carbocycles. The van der Waals surface area contributed by atoms with Gasteiger partial charge in [-0.3, -0.25) is 4.68 Å². The lowest BCUT2D eigenvalue weighted by atomic mass is 10.00. The lowest BCUT2D eigenvalue weighted by Crippen LogP contribution is -2.55. The average molecular weight is 369 g/mol. The molecule has 0 spiro atoms. The van der Waals surface area contributed by atoms with Crippen molar-refractivity contribution < 1.29 is 9.90 Å². The van der Waals surface area contributed by atoms with Crippen LogP contribution in [-0.4, -0.2) is 61.5 Å². The molecule has 1 N–H and O–H groups in total. The van der Waals surface area contributed by atoms with Crippen LogP contribution in [0.4, 0.5) is 10.6 Å². The van der Waals surface area contributed by atoms with Crippen LogP contribution in [-0.2, 0) is 7.05 Å². The number of aryl methyl sites for hydroxylation is 1. The zero-order valence-corrected chi connectivity index (χ0v) is 15.7. The average Bonchev–Trinajstić information content (AvgIpc) is 3.06. The second-order valence-electron chi connectivity index (χ2n) is 7.15. The second-order valence-corrected chi connectivity index (χ2v) is 7.15. The monoisotopic (exact) mass is 369 g/mol. The number of carboxylic acid groups (broad SMARTS) is 1. The molecule has 2 aromatic heterocycles. The number of rotatable bonds is 4. The highest BCUT2D eigenvalue weighted by Gasteiger charge is 2.32. The minimum absolute atomic E-state index is 0.139. The molecule has 1 saturated heterocycles. The normalized spacial score (nSPS) is 17.2. The van der Waals surface area contributed by atoms with Crippen molar-refractivity contribution in [3.8, 4) is 17.5 Å². The lowest BCUT2D eigenvalue weighted by molar-refractivity contribution is 0.111. The molecule has 0 aliphatic carbocycles. The molecule has 27 heavy (non-hydrogen) atoms. The van der Waals surface area contributed by atoms with E-state index in [1.165, 1.54) is 11.1 Å². The summed E-state index contributed by atoms with van der Waals surface area (Å²) >= 11 is 0. The molecule has 1 aliphatic rings. The Bertz CT molecular complexity index is 871. The molecule has 0 aromatic carbocycles. The van der Waals surface area contributed by atoms with Crippen LogP contribution in [0.3, 0.4) is 0 Å². The molecular weight excluding hydrogens is 346 g/mol. The maximum atomic E-state index is 11.6. The highest BCUT2D eigenvalue weighted by Crippen LogP contribution is 2.26. The summed E-state index contributed by atoms with van der Waals surface area (Å²) in [4.78, 5) is 23.9. The molecule has 9 nitrogen and oxygen atoms in total. The molecule has 3 heterocycles. The minimum Gasteiger partial charge on any atom is -0.465 e. The zero-order chi connectivity index (χ0) is 19.6. The number of hydrogen-bond donors (Lipinski definition) is 1. The minimum atomic E-state index is -0.903. The molecule has 1 aliphatic heterocycles. The Morgan fingerprint density at radius 2 is 2.19 bits per heavy atom. The van der Waals surface area contributed by atoms with Gasteiger partial charge in [0.2, 0.25) is 0 Å².